The zero-order valence-corrected chi connectivity index (χ0v) is 29.4. The zero-order chi connectivity index (χ0) is 31.2. The molecule has 0 aromatic rings. The Labute approximate surface area is 263 Å². The third-order valence-electron chi connectivity index (χ3n) is 15.9. The SMILES string of the molecule is C=C(C)[C@@H]1CC[C@]2(NCCN3CCC(S(C)(=O)=O)CC3)CC[C@]3(C)[C@H](CC[C@@H]4[C@@]5(C)CCC(=O)C(C)(C)[C@@H]5CC[C@]43C)[C@@H]12. The minimum atomic E-state index is -2.93. The van der Waals surface area contributed by atoms with Gasteiger partial charge in [-0.25, -0.2) is 8.42 Å². The second-order valence-electron chi connectivity index (χ2n) is 17.8. The summed E-state index contributed by atoms with van der Waals surface area (Å²) in [6.07, 6.45) is 15.0. The lowest BCUT2D eigenvalue weighted by atomic mass is 9.32. The summed E-state index contributed by atoms with van der Waals surface area (Å²) in [5.74, 6) is 3.67. The molecule has 9 atom stereocenters. The van der Waals surface area contributed by atoms with E-state index in [0.29, 0.717) is 46.2 Å². The standard InChI is InChI=1S/C37H62N2O3S/c1-25(2)27-11-18-37(38-21-24-39-22-14-26(15-23-39)43(8,41)42)20-19-35(6)28(32(27)37)9-10-30-34(5)16-13-31(40)33(3,4)29(34)12-17-36(30,35)7/h26-30,32,38H,1,9-24H2,2-8H3/t27-,28+,29-,30+,32+,34-,35+,36+,37-/m0/s1. The van der Waals surface area contributed by atoms with Crippen molar-refractivity contribution in [1.82, 2.24) is 10.2 Å². The Balaban J connectivity index is 1.22. The number of rotatable bonds is 6. The first-order valence-corrected chi connectivity index (χ1v) is 19.8. The number of nitrogens with one attached hydrogen (secondary N) is 1. The van der Waals surface area contributed by atoms with E-state index in [0.717, 1.165) is 51.9 Å². The van der Waals surface area contributed by atoms with Crippen molar-refractivity contribution in [2.45, 2.75) is 129 Å². The van der Waals surface area contributed by atoms with Crippen LogP contribution in [0.25, 0.3) is 0 Å². The number of allylic oxidation sites excluding steroid dienone is 1. The van der Waals surface area contributed by atoms with E-state index in [-0.39, 0.29) is 21.6 Å². The van der Waals surface area contributed by atoms with E-state index in [1.165, 1.54) is 63.2 Å². The van der Waals surface area contributed by atoms with Crippen molar-refractivity contribution in [2.24, 2.45) is 51.2 Å². The summed E-state index contributed by atoms with van der Waals surface area (Å²) >= 11 is 0. The molecular weight excluding hydrogens is 552 g/mol. The maximum Gasteiger partial charge on any atom is 0.150 e. The third-order valence-corrected chi connectivity index (χ3v) is 17.5. The van der Waals surface area contributed by atoms with Crippen molar-refractivity contribution in [3.63, 3.8) is 0 Å². The summed E-state index contributed by atoms with van der Waals surface area (Å²) < 4.78 is 24.1. The first-order valence-electron chi connectivity index (χ1n) is 17.8. The number of carbonyl (C=O) groups excluding carboxylic acids is 1. The van der Waals surface area contributed by atoms with E-state index in [4.69, 9.17) is 0 Å². The fourth-order valence-electron chi connectivity index (χ4n) is 13.3. The molecule has 0 bridgehead atoms. The van der Waals surface area contributed by atoms with E-state index in [1.54, 1.807) is 0 Å². The Kier molecular flexibility index (Phi) is 7.99. The van der Waals surface area contributed by atoms with Crippen LogP contribution < -0.4 is 5.32 Å². The van der Waals surface area contributed by atoms with Crippen LogP contribution in [0.1, 0.15) is 119 Å². The molecule has 0 aromatic carbocycles. The van der Waals surface area contributed by atoms with E-state index < -0.39 is 9.84 Å². The van der Waals surface area contributed by atoms with Gasteiger partial charge in [0.05, 0.1) is 5.25 Å². The Morgan fingerprint density at radius 1 is 0.884 bits per heavy atom. The van der Waals surface area contributed by atoms with Crippen LogP contribution in [0.5, 0.6) is 0 Å². The van der Waals surface area contributed by atoms with Gasteiger partial charge in [-0.2, -0.15) is 0 Å². The molecule has 1 saturated heterocycles. The van der Waals surface area contributed by atoms with Crippen molar-refractivity contribution in [3.05, 3.63) is 12.2 Å². The van der Waals surface area contributed by atoms with Gasteiger partial charge in [-0.3, -0.25) is 4.79 Å². The van der Waals surface area contributed by atoms with Crippen LogP contribution in [0.15, 0.2) is 12.2 Å². The molecule has 6 heteroatoms. The molecule has 5 aliphatic carbocycles. The second-order valence-corrected chi connectivity index (χ2v) is 20.1. The highest BCUT2D eigenvalue weighted by molar-refractivity contribution is 7.91. The van der Waals surface area contributed by atoms with E-state index in [2.05, 4.69) is 58.3 Å². The monoisotopic (exact) mass is 614 g/mol. The van der Waals surface area contributed by atoms with Crippen LogP contribution in [0, 0.1) is 51.2 Å². The summed E-state index contributed by atoms with van der Waals surface area (Å²) in [5, 5.41) is 4.08. The van der Waals surface area contributed by atoms with Crippen LogP contribution in [0.3, 0.4) is 0 Å². The van der Waals surface area contributed by atoms with E-state index >= 15 is 0 Å². The molecule has 6 rings (SSSR count). The number of ketones is 1. The Morgan fingerprint density at radius 2 is 1.58 bits per heavy atom. The van der Waals surface area contributed by atoms with Crippen LogP contribution in [-0.2, 0) is 14.6 Å². The topological polar surface area (TPSA) is 66.5 Å². The highest BCUT2D eigenvalue weighted by Gasteiger charge is 2.70. The molecule has 0 radical (unpaired) electrons. The highest BCUT2D eigenvalue weighted by Crippen LogP contribution is 2.76. The number of piperidine rings is 1. The van der Waals surface area contributed by atoms with Crippen molar-refractivity contribution >= 4 is 15.6 Å². The van der Waals surface area contributed by atoms with Gasteiger partial charge in [0.1, 0.15) is 15.6 Å². The molecule has 6 fully saturated rings. The summed E-state index contributed by atoms with van der Waals surface area (Å²) in [7, 11) is -2.93. The summed E-state index contributed by atoms with van der Waals surface area (Å²) in [5.41, 5.74) is 2.29. The average Bonchev–Trinajstić information content (AvgIpc) is 3.31. The summed E-state index contributed by atoms with van der Waals surface area (Å²) in [6, 6.07) is 0. The molecule has 1 aliphatic heterocycles. The van der Waals surface area contributed by atoms with Crippen LogP contribution >= 0.6 is 0 Å². The van der Waals surface area contributed by atoms with Gasteiger partial charge in [0.25, 0.3) is 0 Å². The van der Waals surface area contributed by atoms with Crippen molar-refractivity contribution in [2.75, 3.05) is 32.4 Å². The molecule has 0 unspecified atom stereocenters. The molecule has 5 nitrogen and oxygen atoms in total. The van der Waals surface area contributed by atoms with Gasteiger partial charge in [-0.05, 0) is 136 Å². The molecule has 5 saturated carbocycles. The highest BCUT2D eigenvalue weighted by atomic mass is 32.2. The minimum Gasteiger partial charge on any atom is -0.310 e. The Hall–Kier alpha value is -0.720. The van der Waals surface area contributed by atoms with Gasteiger partial charge >= 0.3 is 0 Å². The summed E-state index contributed by atoms with van der Waals surface area (Å²) in [4.78, 5) is 15.6. The van der Waals surface area contributed by atoms with Gasteiger partial charge in [-0.15, -0.1) is 0 Å². The molecule has 0 amide bonds. The van der Waals surface area contributed by atoms with E-state index in [1.807, 2.05) is 0 Å². The molecule has 244 valence electrons. The Bertz CT molecular complexity index is 1240. The predicted octanol–water partition coefficient (Wildman–Crippen LogP) is 7.06. The van der Waals surface area contributed by atoms with E-state index in [9.17, 15) is 13.2 Å². The van der Waals surface area contributed by atoms with Crippen LogP contribution in [-0.4, -0.2) is 62.3 Å². The average molecular weight is 615 g/mol. The molecule has 43 heavy (non-hydrogen) atoms. The number of sulfone groups is 1. The van der Waals surface area contributed by atoms with Gasteiger partial charge in [-0.1, -0.05) is 46.8 Å². The fourth-order valence-corrected chi connectivity index (χ4v) is 14.3. The molecule has 0 spiro atoms. The lowest BCUT2D eigenvalue weighted by Crippen LogP contribution is -2.68. The van der Waals surface area contributed by atoms with Gasteiger partial charge in [0.2, 0.25) is 0 Å². The number of hydrogen-bond donors (Lipinski definition) is 1. The molecule has 6 aliphatic rings. The number of Topliss-reactive ketones (excluding diaryl/α,β-unsaturated/α-hetero) is 1. The smallest absolute Gasteiger partial charge is 0.150 e. The lowest BCUT2D eigenvalue weighted by Gasteiger charge is -2.72. The second kappa shape index (κ2) is 10.7. The summed E-state index contributed by atoms with van der Waals surface area (Å²) in [6.45, 7) is 23.2. The number of fused-ring (bicyclic) bond motifs is 7. The van der Waals surface area contributed by atoms with Gasteiger partial charge < -0.3 is 10.2 Å². The quantitative estimate of drug-likeness (QED) is 0.325. The zero-order valence-electron chi connectivity index (χ0n) is 28.6. The number of nitrogens with zero attached hydrogens (tertiary/aromatic N) is 1. The molecule has 1 N–H and O–H groups in total. The molecule has 1 heterocycles. The Morgan fingerprint density at radius 3 is 2.23 bits per heavy atom. The maximum atomic E-state index is 13.1. The van der Waals surface area contributed by atoms with Crippen molar-refractivity contribution in [3.8, 4) is 0 Å². The van der Waals surface area contributed by atoms with Crippen molar-refractivity contribution in [1.29, 1.82) is 0 Å². The predicted molar refractivity (Wildman–Crippen MR) is 177 cm³/mol. The van der Waals surface area contributed by atoms with Gasteiger partial charge in [0.15, 0.2) is 0 Å². The van der Waals surface area contributed by atoms with Crippen LogP contribution in [0.2, 0.25) is 0 Å². The normalized spacial score (nSPS) is 46.9. The lowest BCUT2D eigenvalue weighted by molar-refractivity contribution is -0.228. The number of carbonyl (C=O) groups is 1. The van der Waals surface area contributed by atoms with Gasteiger partial charge in [0, 0.05) is 36.7 Å². The fraction of sp³-hybridized carbons (Fsp3) is 0.919. The first kappa shape index (κ1) is 32.2. The van der Waals surface area contributed by atoms with Crippen LogP contribution in [0.4, 0.5) is 0 Å². The minimum absolute atomic E-state index is 0.157. The largest absolute Gasteiger partial charge is 0.310 e. The molecule has 0 aromatic heterocycles. The maximum absolute atomic E-state index is 13.1. The third kappa shape index (κ3) is 4.79. The number of hydrogen-bond acceptors (Lipinski definition) is 5. The van der Waals surface area contributed by atoms with Crippen molar-refractivity contribution < 1.29 is 13.2 Å². The number of likely N-dealkylation sites (tertiary alicyclic amines) is 1. The molecular formula is C37H62N2O3S. The first-order chi connectivity index (χ1) is 20.0.